The Morgan fingerprint density at radius 3 is 2.41 bits per heavy atom. The second-order valence-electron chi connectivity index (χ2n) is 10.1. The van der Waals surface area contributed by atoms with E-state index < -0.39 is 29.1 Å². The number of aliphatic hydroxyl groups excluding tert-OH is 1. The Hall–Kier alpha value is -2.19. The van der Waals surface area contributed by atoms with Crippen molar-refractivity contribution in [3.63, 3.8) is 0 Å². The summed E-state index contributed by atoms with van der Waals surface area (Å²) < 4.78 is 6.88. The fraction of sp³-hybridized carbons (Fsp3) is 0.731. The third kappa shape index (κ3) is 3.79. The van der Waals surface area contributed by atoms with E-state index in [1.54, 1.807) is 16.8 Å². The molecule has 2 fully saturated rings. The number of hydrogen-bond donors (Lipinski definition) is 1. The van der Waals surface area contributed by atoms with Crippen LogP contribution in [0.2, 0.25) is 0 Å². The number of likely N-dealkylation sites (N-methyl/N-ethyl adjacent to an activating group) is 1. The highest BCUT2D eigenvalue weighted by molar-refractivity contribution is 6.00. The molecule has 0 aliphatic carbocycles. The summed E-state index contributed by atoms with van der Waals surface area (Å²) in [6.45, 7) is 6.18. The quantitative estimate of drug-likeness (QED) is 0.407. The zero-order valence-corrected chi connectivity index (χ0v) is 20.7. The molecule has 2 saturated heterocycles. The van der Waals surface area contributed by atoms with E-state index in [0.29, 0.717) is 45.4 Å². The lowest BCUT2D eigenvalue weighted by atomic mass is 9.73. The van der Waals surface area contributed by atoms with Crippen LogP contribution in [0.25, 0.3) is 0 Å². The molecule has 0 saturated carbocycles. The normalized spacial score (nSPS) is 34.9. The monoisotopic (exact) mass is 473 g/mol. The van der Waals surface area contributed by atoms with Gasteiger partial charge >= 0.3 is 0 Å². The average Bonchev–Trinajstić information content (AvgIpc) is 3.12. The number of rotatable bonds is 9. The summed E-state index contributed by atoms with van der Waals surface area (Å²) >= 11 is 0. The fourth-order valence-corrected chi connectivity index (χ4v) is 6.29. The zero-order valence-electron chi connectivity index (χ0n) is 20.7. The van der Waals surface area contributed by atoms with E-state index in [1.807, 2.05) is 36.1 Å². The molecule has 1 spiro atoms. The van der Waals surface area contributed by atoms with Crippen LogP contribution in [0.4, 0.5) is 0 Å². The van der Waals surface area contributed by atoms with Gasteiger partial charge < -0.3 is 24.5 Å². The molecule has 0 aromatic heterocycles. The van der Waals surface area contributed by atoms with Crippen molar-refractivity contribution in [2.45, 2.75) is 69.6 Å². The van der Waals surface area contributed by atoms with E-state index >= 15 is 0 Å². The van der Waals surface area contributed by atoms with Gasteiger partial charge in [0.2, 0.25) is 17.7 Å². The van der Waals surface area contributed by atoms with Crippen LogP contribution in [0.1, 0.15) is 52.4 Å². The molecule has 4 rings (SSSR count). The van der Waals surface area contributed by atoms with Gasteiger partial charge in [-0.05, 0) is 32.1 Å². The van der Waals surface area contributed by atoms with Crippen LogP contribution in [0, 0.1) is 11.8 Å². The van der Waals surface area contributed by atoms with Crippen molar-refractivity contribution in [3.8, 4) is 0 Å². The topological polar surface area (TPSA) is 90.4 Å². The number of aliphatic hydroxyl groups is 1. The first-order valence-corrected chi connectivity index (χ1v) is 12.9. The molecule has 1 N–H and O–H groups in total. The van der Waals surface area contributed by atoms with Crippen LogP contribution < -0.4 is 0 Å². The summed E-state index contributed by atoms with van der Waals surface area (Å²) in [6.07, 6.45) is 12.3. The number of amides is 3. The number of nitrogens with zero attached hydrogens (tertiary/aromatic N) is 3. The van der Waals surface area contributed by atoms with Gasteiger partial charge in [-0.15, -0.1) is 0 Å². The van der Waals surface area contributed by atoms with E-state index in [0.717, 1.165) is 19.3 Å². The van der Waals surface area contributed by atoms with Crippen LogP contribution in [0.3, 0.4) is 0 Å². The van der Waals surface area contributed by atoms with Gasteiger partial charge in [-0.1, -0.05) is 44.6 Å². The smallest absolute Gasteiger partial charge is 0.249 e. The Morgan fingerprint density at radius 2 is 1.71 bits per heavy atom. The number of hydrogen-bond acceptors (Lipinski definition) is 5. The Balaban J connectivity index is 1.79. The summed E-state index contributed by atoms with van der Waals surface area (Å²) in [5, 5.41) is 9.17. The molecule has 8 heteroatoms. The second kappa shape index (κ2) is 9.82. The molecule has 188 valence electrons. The Morgan fingerprint density at radius 1 is 0.941 bits per heavy atom. The summed E-state index contributed by atoms with van der Waals surface area (Å²) in [5.74, 6) is -1.76. The van der Waals surface area contributed by atoms with Gasteiger partial charge in [0.1, 0.15) is 11.6 Å². The van der Waals surface area contributed by atoms with Crippen molar-refractivity contribution in [1.29, 1.82) is 0 Å². The largest absolute Gasteiger partial charge is 0.396 e. The highest BCUT2D eigenvalue weighted by atomic mass is 16.5. The van der Waals surface area contributed by atoms with Crippen molar-refractivity contribution in [3.05, 3.63) is 24.3 Å². The minimum Gasteiger partial charge on any atom is -0.396 e. The van der Waals surface area contributed by atoms with Gasteiger partial charge in [-0.3, -0.25) is 14.4 Å². The van der Waals surface area contributed by atoms with E-state index in [9.17, 15) is 19.5 Å². The standard InChI is InChI=1S/C26H39N3O5/c1-4-6-15-28-16-11-13-26-20(19-22(31)27(3)14-10-12-25(19,5-2)34-26)23(32)29(21(26)24(28)33)17-8-7-9-18-30/h10-13,19-21,30H,4-9,14-18H2,1-3H3/t19-,20-,21?,25+,26-/m0/s1. The summed E-state index contributed by atoms with van der Waals surface area (Å²) in [7, 11) is 1.76. The molecule has 5 atom stereocenters. The first-order chi connectivity index (χ1) is 16.4. The molecule has 3 amide bonds. The van der Waals surface area contributed by atoms with E-state index in [2.05, 4.69) is 6.92 Å². The first-order valence-electron chi connectivity index (χ1n) is 12.9. The number of unbranched alkanes of at least 4 members (excludes halogenated alkanes) is 3. The van der Waals surface area contributed by atoms with Gasteiger partial charge in [0.25, 0.3) is 0 Å². The van der Waals surface area contributed by atoms with Crippen molar-refractivity contribution in [2.24, 2.45) is 11.8 Å². The number of ether oxygens (including phenoxy) is 1. The van der Waals surface area contributed by atoms with Gasteiger partial charge in [-0.25, -0.2) is 0 Å². The lowest BCUT2D eigenvalue weighted by Gasteiger charge is -2.38. The Kier molecular flexibility index (Phi) is 7.20. The molecule has 1 unspecified atom stereocenters. The molecule has 34 heavy (non-hydrogen) atoms. The van der Waals surface area contributed by atoms with Crippen LogP contribution in [0.5, 0.6) is 0 Å². The first kappa shape index (κ1) is 24.9. The van der Waals surface area contributed by atoms with Gasteiger partial charge in [0, 0.05) is 39.8 Å². The third-order valence-corrected chi connectivity index (χ3v) is 8.06. The van der Waals surface area contributed by atoms with Gasteiger partial charge in [0.15, 0.2) is 0 Å². The van der Waals surface area contributed by atoms with E-state index in [-0.39, 0.29) is 24.3 Å². The average molecular weight is 474 g/mol. The second-order valence-corrected chi connectivity index (χ2v) is 10.1. The molecule has 4 aliphatic heterocycles. The van der Waals surface area contributed by atoms with Gasteiger partial charge in [0.05, 0.1) is 17.4 Å². The predicted octanol–water partition coefficient (Wildman–Crippen LogP) is 1.74. The van der Waals surface area contributed by atoms with E-state index in [1.165, 1.54) is 0 Å². The molecule has 8 nitrogen and oxygen atoms in total. The fourth-order valence-electron chi connectivity index (χ4n) is 6.29. The maximum Gasteiger partial charge on any atom is 0.249 e. The number of carbonyl (C=O) groups is 3. The summed E-state index contributed by atoms with van der Waals surface area (Å²) in [5.41, 5.74) is -2.07. The maximum atomic E-state index is 14.1. The molecular formula is C26H39N3O5. The zero-order chi connectivity index (χ0) is 24.5. The Bertz CT molecular complexity index is 872. The maximum absolute atomic E-state index is 14.1. The Labute approximate surface area is 202 Å². The number of fused-ring (bicyclic) bond motifs is 2. The summed E-state index contributed by atoms with van der Waals surface area (Å²) in [4.78, 5) is 46.8. The molecule has 0 aromatic carbocycles. The minimum absolute atomic E-state index is 0.0936. The molecule has 0 radical (unpaired) electrons. The van der Waals surface area contributed by atoms with Gasteiger partial charge in [-0.2, -0.15) is 0 Å². The lowest BCUT2D eigenvalue weighted by Crippen LogP contribution is -2.56. The SMILES string of the molecule is CCCCN1CC=C[C@]23O[C@]4(CC)C=CCN(C)C(=O)[C@@H]4[C@H]2C(=O)N(CCCCCO)C3C1=O. The van der Waals surface area contributed by atoms with Crippen molar-refractivity contribution < 1.29 is 24.2 Å². The molecule has 4 heterocycles. The highest BCUT2D eigenvalue weighted by Crippen LogP contribution is 2.58. The summed E-state index contributed by atoms with van der Waals surface area (Å²) in [6, 6.07) is -0.781. The molecule has 4 aliphatic rings. The van der Waals surface area contributed by atoms with Crippen LogP contribution in [0.15, 0.2) is 24.3 Å². The third-order valence-electron chi connectivity index (χ3n) is 8.06. The van der Waals surface area contributed by atoms with Crippen molar-refractivity contribution in [1.82, 2.24) is 14.7 Å². The highest BCUT2D eigenvalue weighted by Gasteiger charge is 2.75. The van der Waals surface area contributed by atoms with E-state index in [4.69, 9.17) is 4.74 Å². The van der Waals surface area contributed by atoms with Crippen molar-refractivity contribution >= 4 is 17.7 Å². The molecular weight excluding hydrogens is 434 g/mol. The van der Waals surface area contributed by atoms with Crippen LogP contribution in [-0.2, 0) is 19.1 Å². The molecule has 0 aromatic rings. The number of carbonyl (C=O) groups excluding carboxylic acids is 3. The number of likely N-dealkylation sites (tertiary alicyclic amines) is 1. The van der Waals surface area contributed by atoms with Crippen LogP contribution >= 0.6 is 0 Å². The molecule has 0 bridgehead atoms. The predicted molar refractivity (Wildman–Crippen MR) is 128 cm³/mol. The minimum atomic E-state index is -1.16. The van der Waals surface area contributed by atoms with Crippen molar-refractivity contribution in [2.75, 3.05) is 39.8 Å². The lowest BCUT2D eigenvalue weighted by molar-refractivity contribution is -0.154. The van der Waals surface area contributed by atoms with Crippen LogP contribution in [-0.4, -0.2) is 94.6 Å².